The number of hydrogen-bond donors (Lipinski definition) is 1. The van der Waals surface area contributed by atoms with E-state index in [4.69, 9.17) is 14.2 Å². The molecule has 0 saturated carbocycles. The molecule has 1 aliphatic carbocycles. The first-order valence-electron chi connectivity index (χ1n) is 10.5. The van der Waals surface area contributed by atoms with E-state index in [1.54, 1.807) is 20.8 Å². The fourth-order valence-electron chi connectivity index (χ4n) is 3.55. The number of fused-ring (bicyclic) bond motifs is 1. The van der Waals surface area contributed by atoms with Crippen LogP contribution in [0.4, 0.5) is 5.00 Å². The molecule has 0 unspecified atom stereocenters. The lowest BCUT2D eigenvalue weighted by molar-refractivity contribution is -0.118. The number of thiophene rings is 1. The number of benzene rings is 1. The van der Waals surface area contributed by atoms with Gasteiger partial charge in [0.1, 0.15) is 15.6 Å². The van der Waals surface area contributed by atoms with Crippen LogP contribution in [0.3, 0.4) is 0 Å². The van der Waals surface area contributed by atoms with Gasteiger partial charge in [-0.2, -0.15) is 0 Å². The van der Waals surface area contributed by atoms with Crippen molar-refractivity contribution in [2.45, 2.75) is 46.5 Å². The first-order chi connectivity index (χ1) is 14.9. The Morgan fingerprint density at radius 2 is 1.68 bits per heavy atom. The zero-order chi connectivity index (χ0) is 22.4. The van der Waals surface area contributed by atoms with Crippen LogP contribution in [-0.2, 0) is 27.1 Å². The molecule has 0 saturated heterocycles. The lowest BCUT2D eigenvalue weighted by Crippen LogP contribution is -2.21. The minimum absolute atomic E-state index is 0.164. The molecule has 0 atom stereocenters. The molecular formula is C23H27NO6S. The van der Waals surface area contributed by atoms with E-state index in [9.17, 15) is 14.4 Å². The predicted molar refractivity (Wildman–Crippen MR) is 118 cm³/mol. The number of rotatable bonds is 8. The summed E-state index contributed by atoms with van der Waals surface area (Å²) < 4.78 is 15.8. The van der Waals surface area contributed by atoms with Gasteiger partial charge in [-0.05, 0) is 75.3 Å². The molecule has 7 nitrogen and oxygen atoms in total. The summed E-state index contributed by atoms with van der Waals surface area (Å²) in [6.07, 6.45) is 4.46. The highest BCUT2D eigenvalue weighted by atomic mass is 32.1. The van der Waals surface area contributed by atoms with Crippen LogP contribution in [0, 0.1) is 6.92 Å². The summed E-state index contributed by atoms with van der Waals surface area (Å²) in [4.78, 5) is 37.4. The Bertz CT molecular complexity index is 981. The molecule has 8 heteroatoms. The Kier molecular flexibility index (Phi) is 7.68. The van der Waals surface area contributed by atoms with Crippen molar-refractivity contribution in [2.24, 2.45) is 0 Å². The minimum Gasteiger partial charge on any atom is -0.484 e. The van der Waals surface area contributed by atoms with E-state index < -0.39 is 17.8 Å². The summed E-state index contributed by atoms with van der Waals surface area (Å²) in [7, 11) is 0. The van der Waals surface area contributed by atoms with E-state index in [0.717, 1.165) is 30.6 Å². The van der Waals surface area contributed by atoms with Crippen LogP contribution >= 0.6 is 11.3 Å². The molecule has 31 heavy (non-hydrogen) atoms. The number of nitrogens with one attached hydrogen (secondary N) is 1. The van der Waals surface area contributed by atoms with Crippen LogP contribution in [0.2, 0.25) is 0 Å². The molecule has 1 heterocycles. The molecule has 166 valence electrons. The van der Waals surface area contributed by atoms with Gasteiger partial charge in [0.25, 0.3) is 5.91 Å². The van der Waals surface area contributed by atoms with Gasteiger partial charge < -0.3 is 19.5 Å². The van der Waals surface area contributed by atoms with Crippen LogP contribution in [-0.4, -0.2) is 37.7 Å². The minimum atomic E-state index is -0.599. The molecule has 0 radical (unpaired) electrons. The van der Waals surface area contributed by atoms with Gasteiger partial charge in [-0.15, -0.1) is 11.3 Å². The third-order valence-electron chi connectivity index (χ3n) is 5.03. The van der Waals surface area contributed by atoms with Crippen molar-refractivity contribution in [1.29, 1.82) is 0 Å². The van der Waals surface area contributed by atoms with E-state index in [2.05, 4.69) is 11.4 Å². The number of carbonyl (C=O) groups is 3. The van der Waals surface area contributed by atoms with E-state index in [1.807, 2.05) is 12.1 Å². The van der Waals surface area contributed by atoms with Crippen molar-refractivity contribution < 1.29 is 28.6 Å². The zero-order valence-electron chi connectivity index (χ0n) is 18.0. The van der Waals surface area contributed by atoms with Gasteiger partial charge in [-0.1, -0.05) is 6.07 Å². The molecule has 1 aromatic carbocycles. The molecule has 1 aromatic heterocycles. The van der Waals surface area contributed by atoms with E-state index in [0.29, 0.717) is 11.3 Å². The maximum atomic E-state index is 12.5. The lowest BCUT2D eigenvalue weighted by atomic mass is 9.92. The number of carbonyl (C=O) groups excluding carboxylic acids is 3. The molecule has 1 aliphatic rings. The third kappa shape index (κ3) is 5.44. The number of amides is 1. The summed E-state index contributed by atoms with van der Waals surface area (Å²) in [6.45, 7) is 5.20. The van der Waals surface area contributed by atoms with Crippen LogP contribution in [0.15, 0.2) is 18.2 Å². The maximum Gasteiger partial charge on any atom is 0.348 e. The van der Waals surface area contributed by atoms with E-state index >= 15 is 0 Å². The van der Waals surface area contributed by atoms with Crippen LogP contribution < -0.4 is 10.1 Å². The first kappa shape index (κ1) is 22.8. The molecule has 1 N–H and O–H groups in total. The highest BCUT2D eigenvalue weighted by molar-refractivity contribution is 7.18. The van der Waals surface area contributed by atoms with Crippen molar-refractivity contribution in [1.82, 2.24) is 0 Å². The molecule has 0 fully saturated rings. The highest BCUT2D eigenvalue weighted by Crippen LogP contribution is 2.34. The summed E-state index contributed by atoms with van der Waals surface area (Å²) in [5.74, 6) is -0.935. The number of hydrogen-bond acceptors (Lipinski definition) is 7. The molecule has 2 aromatic rings. The second-order valence-electron chi connectivity index (χ2n) is 7.18. The van der Waals surface area contributed by atoms with E-state index in [1.165, 1.54) is 17.5 Å². The van der Waals surface area contributed by atoms with Crippen molar-refractivity contribution in [3.05, 3.63) is 45.3 Å². The molecular weight excluding hydrogens is 418 g/mol. The predicted octanol–water partition coefficient (Wildman–Crippen LogP) is 4.31. The fourth-order valence-corrected chi connectivity index (χ4v) is 4.66. The molecule has 0 spiro atoms. The Labute approximate surface area is 185 Å². The monoisotopic (exact) mass is 445 g/mol. The quantitative estimate of drug-likeness (QED) is 0.609. The van der Waals surface area contributed by atoms with Gasteiger partial charge in [0, 0.05) is 0 Å². The maximum absolute atomic E-state index is 12.5. The summed E-state index contributed by atoms with van der Waals surface area (Å²) >= 11 is 0.994. The fraction of sp³-hybridized carbons (Fsp3) is 0.435. The normalized spacial score (nSPS) is 12.6. The summed E-state index contributed by atoms with van der Waals surface area (Å²) in [5, 5.41) is 2.93. The zero-order valence-corrected chi connectivity index (χ0v) is 18.9. The second-order valence-corrected chi connectivity index (χ2v) is 8.20. The lowest BCUT2D eigenvalue weighted by Gasteiger charge is -2.16. The third-order valence-corrected chi connectivity index (χ3v) is 6.22. The van der Waals surface area contributed by atoms with Gasteiger partial charge >= 0.3 is 11.9 Å². The number of aryl methyl sites for hydroxylation is 2. The Hall–Kier alpha value is -2.87. The van der Waals surface area contributed by atoms with Gasteiger partial charge in [0.05, 0.1) is 18.8 Å². The van der Waals surface area contributed by atoms with E-state index in [-0.39, 0.29) is 35.3 Å². The van der Waals surface area contributed by atoms with Crippen LogP contribution in [0.5, 0.6) is 5.75 Å². The SMILES string of the molecule is CCOC(=O)c1sc(NC(=O)COc2ccc3c(c2)CCCC3)c(C(=O)OCC)c1C. The standard InChI is InChI=1S/C23H27NO6S/c1-4-28-22(26)19-14(3)20(23(27)29-5-2)31-21(19)24-18(25)13-30-17-11-10-15-8-6-7-9-16(15)12-17/h10-12H,4-9,13H2,1-3H3,(H,24,25). The average Bonchev–Trinajstić information content (AvgIpc) is 3.08. The van der Waals surface area contributed by atoms with Crippen molar-refractivity contribution in [2.75, 3.05) is 25.1 Å². The van der Waals surface area contributed by atoms with Gasteiger partial charge in [-0.25, -0.2) is 9.59 Å². The largest absolute Gasteiger partial charge is 0.484 e. The van der Waals surface area contributed by atoms with Crippen molar-refractivity contribution in [3.8, 4) is 5.75 Å². The Morgan fingerprint density at radius 3 is 2.39 bits per heavy atom. The average molecular weight is 446 g/mol. The summed E-state index contributed by atoms with van der Waals surface area (Å²) in [5.41, 5.74) is 3.19. The molecule has 1 amide bonds. The first-order valence-corrected chi connectivity index (χ1v) is 11.3. The van der Waals surface area contributed by atoms with Gasteiger partial charge in [-0.3, -0.25) is 4.79 Å². The second kappa shape index (κ2) is 10.4. The van der Waals surface area contributed by atoms with Crippen molar-refractivity contribution in [3.63, 3.8) is 0 Å². The molecule has 0 bridgehead atoms. The highest BCUT2D eigenvalue weighted by Gasteiger charge is 2.27. The number of ether oxygens (including phenoxy) is 3. The smallest absolute Gasteiger partial charge is 0.348 e. The Morgan fingerprint density at radius 1 is 1.00 bits per heavy atom. The molecule has 0 aliphatic heterocycles. The van der Waals surface area contributed by atoms with Gasteiger partial charge in [0.15, 0.2) is 6.61 Å². The topological polar surface area (TPSA) is 90.9 Å². The Balaban J connectivity index is 1.72. The number of anilines is 1. The van der Waals surface area contributed by atoms with Gasteiger partial charge in [0.2, 0.25) is 0 Å². The van der Waals surface area contributed by atoms with Crippen LogP contribution in [0.25, 0.3) is 0 Å². The number of esters is 2. The summed E-state index contributed by atoms with van der Waals surface area (Å²) in [6, 6.07) is 5.91. The molecule has 3 rings (SSSR count). The van der Waals surface area contributed by atoms with Crippen LogP contribution in [0.1, 0.15) is 63.4 Å². The van der Waals surface area contributed by atoms with Crippen molar-refractivity contribution >= 4 is 34.2 Å².